The van der Waals surface area contributed by atoms with Crippen LogP contribution in [0.3, 0.4) is 0 Å². The van der Waals surface area contributed by atoms with Crippen LogP contribution >= 0.6 is 0 Å². The van der Waals surface area contributed by atoms with Crippen LogP contribution in [-0.4, -0.2) is 44.5 Å². The second-order valence-electron chi connectivity index (χ2n) is 3.13. The summed E-state index contributed by atoms with van der Waals surface area (Å²) in [6, 6.07) is 0. The van der Waals surface area contributed by atoms with Crippen molar-refractivity contribution in [2.24, 2.45) is 0 Å². The Balaban J connectivity index is -0.0000000465. The summed E-state index contributed by atoms with van der Waals surface area (Å²) < 4.78 is 0. The molecular formula is C10H26N2Y-2. The van der Waals surface area contributed by atoms with E-state index in [2.05, 4.69) is 27.8 Å². The molecule has 0 aliphatic rings. The van der Waals surface area contributed by atoms with Gasteiger partial charge in [-0.05, 0) is 28.2 Å². The number of hydrogen-bond donors (Lipinski definition) is 0. The van der Waals surface area contributed by atoms with Crippen LogP contribution in [0.2, 0.25) is 0 Å². The summed E-state index contributed by atoms with van der Waals surface area (Å²) in [6.07, 6.45) is 1.25. The van der Waals surface area contributed by atoms with Crippen LogP contribution in [0.4, 0.5) is 0 Å². The number of rotatable bonds is 1. The molecule has 0 atom stereocenters. The summed E-state index contributed by atoms with van der Waals surface area (Å²) in [4.78, 5) is 3.76. The zero-order valence-corrected chi connectivity index (χ0v) is 13.1. The molecule has 0 aliphatic heterocycles. The van der Waals surface area contributed by atoms with Crippen molar-refractivity contribution < 1.29 is 32.7 Å². The summed E-state index contributed by atoms with van der Waals surface area (Å²) in [5, 5.41) is 0. The minimum atomic E-state index is 0. The molecule has 0 N–H and O–H groups in total. The molecule has 0 unspecified atom stereocenters. The monoisotopic (exact) mass is 263 g/mol. The molecule has 0 aromatic carbocycles. The van der Waals surface area contributed by atoms with Gasteiger partial charge in [0.2, 0.25) is 0 Å². The third-order valence-electron chi connectivity index (χ3n) is 0.382. The Morgan fingerprint density at radius 2 is 1.08 bits per heavy atom. The SMILES string of the molecule is CCC.CN(C)C.[CH2-]CN([CH2-])C.[Y]. The summed E-state index contributed by atoms with van der Waals surface area (Å²) in [6.45, 7) is 8.58. The molecule has 81 valence electrons. The van der Waals surface area contributed by atoms with E-state index in [1.165, 1.54) is 6.42 Å². The van der Waals surface area contributed by atoms with Crippen LogP contribution in [-0.2, 0) is 32.7 Å². The van der Waals surface area contributed by atoms with E-state index >= 15 is 0 Å². The van der Waals surface area contributed by atoms with Gasteiger partial charge in [-0.3, -0.25) is 7.05 Å². The number of hydrogen-bond acceptors (Lipinski definition) is 2. The molecule has 0 saturated carbocycles. The first kappa shape index (κ1) is 23.7. The Hall–Kier alpha value is 1.02. The van der Waals surface area contributed by atoms with Crippen molar-refractivity contribution in [2.45, 2.75) is 20.3 Å². The molecule has 0 spiro atoms. The molecule has 0 aromatic heterocycles. The average molecular weight is 263 g/mol. The third-order valence-corrected chi connectivity index (χ3v) is 0.382. The van der Waals surface area contributed by atoms with Gasteiger partial charge < -0.3 is 16.7 Å². The van der Waals surface area contributed by atoms with E-state index in [0.717, 1.165) is 6.54 Å². The second-order valence-corrected chi connectivity index (χ2v) is 3.13. The zero-order chi connectivity index (χ0) is 10.6. The van der Waals surface area contributed by atoms with Crippen molar-refractivity contribution in [3.05, 3.63) is 14.0 Å². The molecule has 0 aromatic rings. The van der Waals surface area contributed by atoms with Crippen molar-refractivity contribution in [3.63, 3.8) is 0 Å². The first-order valence-corrected chi connectivity index (χ1v) is 4.34. The summed E-state index contributed by atoms with van der Waals surface area (Å²) >= 11 is 0. The largest absolute Gasteiger partial charge is 0.487 e. The van der Waals surface area contributed by atoms with Gasteiger partial charge in [0.05, 0.1) is 0 Å². The van der Waals surface area contributed by atoms with Gasteiger partial charge in [-0.1, -0.05) is 20.3 Å². The quantitative estimate of drug-likeness (QED) is 0.669. The van der Waals surface area contributed by atoms with Crippen molar-refractivity contribution >= 4 is 0 Å². The predicted molar refractivity (Wildman–Crippen MR) is 58.9 cm³/mol. The molecule has 0 amide bonds. The molecule has 0 fully saturated rings. The smallest absolute Gasteiger partial charge is 0 e. The Kier molecular flexibility index (Phi) is 42.1. The molecular weight excluding hydrogens is 237 g/mol. The van der Waals surface area contributed by atoms with Crippen molar-refractivity contribution in [3.8, 4) is 0 Å². The van der Waals surface area contributed by atoms with Crippen molar-refractivity contribution in [1.82, 2.24) is 9.80 Å². The van der Waals surface area contributed by atoms with Crippen LogP contribution in [0.5, 0.6) is 0 Å². The zero-order valence-electron chi connectivity index (χ0n) is 10.3. The maximum atomic E-state index is 3.55. The summed E-state index contributed by atoms with van der Waals surface area (Å²) in [7, 11) is 11.4. The van der Waals surface area contributed by atoms with Gasteiger partial charge >= 0.3 is 0 Å². The fraction of sp³-hybridized carbons (Fsp3) is 0.800. The Morgan fingerprint density at radius 1 is 1.00 bits per heavy atom. The van der Waals surface area contributed by atoms with E-state index in [0.29, 0.717) is 0 Å². The van der Waals surface area contributed by atoms with Crippen LogP contribution in [0, 0.1) is 14.0 Å². The molecule has 13 heavy (non-hydrogen) atoms. The molecule has 0 aliphatic carbocycles. The molecule has 3 heteroatoms. The van der Waals surface area contributed by atoms with Crippen LogP contribution in [0.25, 0.3) is 0 Å². The topological polar surface area (TPSA) is 6.48 Å². The summed E-state index contributed by atoms with van der Waals surface area (Å²) in [5.41, 5.74) is 0. The van der Waals surface area contributed by atoms with Gasteiger partial charge in [-0.25, -0.2) is 0 Å². The van der Waals surface area contributed by atoms with Crippen LogP contribution in [0.15, 0.2) is 0 Å². The minimum Gasteiger partial charge on any atom is -0.487 e. The maximum Gasteiger partial charge on any atom is 0 e. The van der Waals surface area contributed by atoms with Gasteiger partial charge in [0, 0.05) is 32.7 Å². The summed E-state index contributed by atoms with van der Waals surface area (Å²) in [5.74, 6) is 0. The van der Waals surface area contributed by atoms with Crippen LogP contribution in [0.1, 0.15) is 20.3 Å². The second kappa shape index (κ2) is 23.1. The van der Waals surface area contributed by atoms with E-state index in [4.69, 9.17) is 0 Å². The average Bonchev–Trinajstić information content (AvgIpc) is 1.88. The molecule has 2 nitrogen and oxygen atoms in total. The molecule has 0 bridgehead atoms. The fourth-order valence-electron chi connectivity index (χ4n) is 0. The van der Waals surface area contributed by atoms with Crippen molar-refractivity contribution in [1.29, 1.82) is 0 Å². The van der Waals surface area contributed by atoms with Gasteiger partial charge in [-0.15, -0.1) is 0 Å². The Bertz CT molecular complexity index is 54.1. The van der Waals surface area contributed by atoms with E-state index in [9.17, 15) is 0 Å². The first-order chi connectivity index (χ1) is 5.42. The molecule has 0 rings (SSSR count). The van der Waals surface area contributed by atoms with E-state index < -0.39 is 0 Å². The van der Waals surface area contributed by atoms with E-state index in [-0.39, 0.29) is 32.7 Å². The third kappa shape index (κ3) is 173. The Morgan fingerprint density at radius 3 is 1.08 bits per heavy atom. The first-order valence-electron chi connectivity index (χ1n) is 4.34. The maximum absolute atomic E-state index is 3.55. The number of nitrogens with zero attached hydrogens (tertiary/aromatic N) is 2. The van der Waals surface area contributed by atoms with Gasteiger partial charge in [-0.2, -0.15) is 6.54 Å². The normalized spacial score (nSPS) is 7.85. The van der Waals surface area contributed by atoms with Gasteiger partial charge in [0.1, 0.15) is 0 Å². The van der Waals surface area contributed by atoms with Gasteiger partial charge in [0.25, 0.3) is 0 Å². The predicted octanol–water partition coefficient (Wildman–Crippen LogP) is 2.14. The van der Waals surface area contributed by atoms with E-state index in [1.54, 1.807) is 4.90 Å². The molecule has 0 saturated heterocycles. The standard InChI is InChI=1S/C4H9N.C3H9N.C3H8.Y/c1-4-5(2)3;1-4(2)3;1-3-2;/h1-2,4H2,3H3;1-3H3;3H2,1-2H3;/q-2;;;. The van der Waals surface area contributed by atoms with E-state index in [1.807, 2.05) is 33.1 Å². The minimum absolute atomic E-state index is 0. The Labute approximate surface area is 111 Å². The van der Waals surface area contributed by atoms with Gasteiger partial charge in [0.15, 0.2) is 0 Å². The fourth-order valence-corrected chi connectivity index (χ4v) is 0. The van der Waals surface area contributed by atoms with Crippen LogP contribution < -0.4 is 0 Å². The molecule has 0 heterocycles. The van der Waals surface area contributed by atoms with Crippen molar-refractivity contribution in [2.75, 3.05) is 34.7 Å². The molecule has 1 radical (unpaired) electrons.